The summed E-state index contributed by atoms with van der Waals surface area (Å²) in [6, 6.07) is 7.77. The van der Waals surface area contributed by atoms with E-state index in [1.165, 1.54) is 5.56 Å². The van der Waals surface area contributed by atoms with Crippen LogP contribution < -0.4 is 0 Å². The minimum Gasteiger partial charge on any atom is -0.460 e. The summed E-state index contributed by atoms with van der Waals surface area (Å²) in [6.45, 7) is 5.64. The number of hydrogen-bond donors (Lipinski definition) is 0. The van der Waals surface area contributed by atoms with Crippen LogP contribution >= 0.6 is 23.4 Å². The van der Waals surface area contributed by atoms with Crippen LogP contribution in [0.5, 0.6) is 0 Å². The first kappa shape index (κ1) is 15.4. The molecular formula is C14H19ClO2S. The maximum atomic E-state index is 11.5. The molecule has 4 heteroatoms. The lowest BCUT2D eigenvalue weighted by Gasteiger charge is -2.19. The SMILES string of the molecule is CC(C)(C)OC(=O)CCSCc1ccc(Cl)cc1. The van der Waals surface area contributed by atoms with E-state index in [9.17, 15) is 4.79 Å². The number of benzene rings is 1. The monoisotopic (exact) mass is 286 g/mol. The van der Waals surface area contributed by atoms with E-state index in [-0.39, 0.29) is 5.97 Å². The molecule has 0 saturated heterocycles. The Morgan fingerprint density at radius 2 is 1.89 bits per heavy atom. The third-order valence-electron chi connectivity index (χ3n) is 2.05. The maximum absolute atomic E-state index is 11.5. The second-order valence-electron chi connectivity index (χ2n) is 5.02. The van der Waals surface area contributed by atoms with Gasteiger partial charge in [-0.15, -0.1) is 0 Å². The number of thioether (sulfide) groups is 1. The van der Waals surface area contributed by atoms with Gasteiger partial charge in [-0.3, -0.25) is 4.79 Å². The molecule has 18 heavy (non-hydrogen) atoms. The molecule has 0 atom stereocenters. The summed E-state index contributed by atoms with van der Waals surface area (Å²) >= 11 is 7.53. The third-order valence-corrected chi connectivity index (χ3v) is 3.33. The number of ether oxygens (including phenoxy) is 1. The topological polar surface area (TPSA) is 26.3 Å². The van der Waals surface area contributed by atoms with Gasteiger partial charge < -0.3 is 4.74 Å². The zero-order valence-electron chi connectivity index (χ0n) is 11.0. The fourth-order valence-corrected chi connectivity index (χ4v) is 2.33. The number of hydrogen-bond acceptors (Lipinski definition) is 3. The number of carbonyl (C=O) groups is 1. The Morgan fingerprint density at radius 3 is 2.44 bits per heavy atom. The van der Waals surface area contributed by atoms with E-state index in [4.69, 9.17) is 16.3 Å². The van der Waals surface area contributed by atoms with Crippen molar-refractivity contribution in [1.82, 2.24) is 0 Å². The second kappa shape index (κ2) is 7.05. The number of halogens is 1. The smallest absolute Gasteiger partial charge is 0.307 e. The molecule has 0 bridgehead atoms. The molecule has 0 aliphatic rings. The van der Waals surface area contributed by atoms with Crippen molar-refractivity contribution in [2.45, 2.75) is 38.5 Å². The highest BCUT2D eigenvalue weighted by molar-refractivity contribution is 7.98. The lowest BCUT2D eigenvalue weighted by molar-refractivity contribution is -0.154. The minimum atomic E-state index is -0.391. The summed E-state index contributed by atoms with van der Waals surface area (Å²) in [6.07, 6.45) is 0.454. The summed E-state index contributed by atoms with van der Waals surface area (Å²) in [5, 5.41) is 0.748. The molecule has 1 aromatic carbocycles. The van der Waals surface area contributed by atoms with Crippen LogP contribution in [0.1, 0.15) is 32.8 Å². The van der Waals surface area contributed by atoms with E-state index in [0.29, 0.717) is 6.42 Å². The summed E-state index contributed by atoms with van der Waals surface area (Å²) in [7, 11) is 0. The molecule has 0 amide bonds. The molecule has 0 spiro atoms. The molecule has 2 nitrogen and oxygen atoms in total. The summed E-state index contributed by atoms with van der Waals surface area (Å²) in [5.41, 5.74) is 0.825. The van der Waals surface area contributed by atoms with Gasteiger partial charge in [0.05, 0.1) is 6.42 Å². The van der Waals surface area contributed by atoms with Crippen molar-refractivity contribution in [1.29, 1.82) is 0 Å². The zero-order valence-corrected chi connectivity index (χ0v) is 12.6. The van der Waals surface area contributed by atoms with Crippen LogP contribution in [0.4, 0.5) is 0 Å². The van der Waals surface area contributed by atoms with Crippen LogP contribution in [0.2, 0.25) is 5.02 Å². The highest BCUT2D eigenvalue weighted by Gasteiger charge is 2.15. The van der Waals surface area contributed by atoms with Crippen molar-refractivity contribution >= 4 is 29.3 Å². The summed E-state index contributed by atoms with van der Waals surface area (Å²) in [4.78, 5) is 11.5. The standard InChI is InChI=1S/C14H19ClO2S/c1-14(2,3)17-13(16)8-9-18-10-11-4-6-12(15)7-5-11/h4-7H,8-10H2,1-3H3. The summed E-state index contributed by atoms with van der Waals surface area (Å²) in [5.74, 6) is 1.53. The molecule has 0 radical (unpaired) electrons. The van der Waals surface area contributed by atoms with Gasteiger partial charge in [-0.05, 0) is 38.5 Å². The van der Waals surface area contributed by atoms with Crippen LogP contribution in [0.15, 0.2) is 24.3 Å². The highest BCUT2D eigenvalue weighted by atomic mass is 35.5. The van der Waals surface area contributed by atoms with Crippen LogP contribution in [-0.4, -0.2) is 17.3 Å². The van der Waals surface area contributed by atoms with Gasteiger partial charge in [0, 0.05) is 16.5 Å². The minimum absolute atomic E-state index is 0.133. The Bertz CT molecular complexity index is 382. The molecule has 0 heterocycles. The van der Waals surface area contributed by atoms with E-state index < -0.39 is 5.60 Å². The maximum Gasteiger partial charge on any atom is 0.307 e. The van der Waals surface area contributed by atoms with Gasteiger partial charge in [0.1, 0.15) is 5.60 Å². The van der Waals surface area contributed by atoms with Gasteiger partial charge in [-0.25, -0.2) is 0 Å². The van der Waals surface area contributed by atoms with Gasteiger partial charge in [-0.2, -0.15) is 11.8 Å². The quantitative estimate of drug-likeness (QED) is 0.596. The van der Waals surface area contributed by atoms with E-state index >= 15 is 0 Å². The van der Waals surface area contributed by atoms with Gasteiger partial charge in [0.15, 0.2) is 0 Å². The van der Waals surface area contributed by atoms with Gasteiger partial charge >= 0.3 is 5.97 Å². The third kappa shape index (κ3) is 6.92. The molecule has 1 rings (SSSR count). The molecule has 0 unspecified atom stereocenters. The van der Waals surface area contributed by atoms with E-state index in [0.717, 1.165) is 16.5 Å². The van der Waals surface area contributed by atoms with E-state index in [2.05, 4.69) is 0 Å². The molecule has 0 fully saturated rings. The molecule has 1 aromatic rings. The van der Waals surface area contributed by atoms with Gasteiger partial charge in [0.2, 0.25) is 0 Å². The highest BCUT2D eigenvalue weighted by Crippen LogP contribution is 2.17. The Kier molecular flexibility index (Phi) is 6.03. The van der Waals surface area contributed by atoms with Gasteiger partial charge in [0.25, 0.3) is 0 Å². The second-order valence-corrected chi connectivity index (χ2v) is 6.56. The molecule has 0 saturated carbocycles. The van der Waals surface area contributed by atoms with Crippen LogP contribution in [-0.2, 0) is 15.3 Å². The van der Waals surface area contributed by atoms with Crippen molar-refractivity contribution in [3.63, 3.8) is 0 Å². The number of carbonyl (C=O) groups excluding carboxylic acids is 1. The average Bonchev–Trinajstić information content (AvgIpc) is 2.24. The molecule has 0 aliphatic carbocycles. The van der Waals surface area contributed by atoms with Crippen molar-refractivity contribution in [3.8, 4) is 0 Å². The first-order valence-corrected chi connectivity index (χ1v) is 7.44. The number of rotatable bonds is 5. The van der Waals surface area contributed by atoms with Crippen molar-refractivity contribution < 1.29 is 9.53 Å². The Hall–Kier alpha value is -0.670. The number of esters is 1. The van der Waals surface area contributed by atoms with Crippen molar-refractivity contribution in [3.05, 3.63) is 34.9 Å². The lowest BCUT2D eigenvalue weighted by Crippen LogP contribution is -2.24. The molecule has 0 aliphatic heterocycles. The molecule has 100 valence electrons. The zero-order chi connectivity index (χ0) is 13.6. The normalized spacial score (nSPS) is 11.3. The first-order chi connectivity index (χ1) is 8.37. The fourth-order valence-electron chi connectivity index (χ4n) is 1.32. The first-order valence-electron chi connectivity index (χ1n) is 5.91. The van der Waals surface area contributed by atoms with E-state index in [1.54, 1.807) is 11.8 Å². The Morgan fingerprint density at radius 1 is 1.28 bits per heavy atom. The van der Waals surface area contributed by atoms with Crippen LogP contribution in [0.25, 0.3) is 0 Å². The molecule has 0 aromatic heterocycles. The fraction of sp³-hybridized carbons (Fsp3) is 0.500. The van der Waals surface area contributed by atoms with Gasteiger partial charge in [-0.1, -0.05) is 23.7 Å². The predicted octanol–water partition coefficient (Wildman–Crippen LogP) is 4.31. The van der Waals surface area contributed by atoms with Crippen LogP contribution in [0.3, 0.4) is 0 Å². The largest absolute Gasteiger partial charge is 0.460 e. The Balaban J connectivity index is 2.19. The Labute approximate surface area is 118 Å². The van der Waals surface area contributed by atoms with Crippen molar-refractivity contribution in [2.75, 3.05) is 5.75 Å². The lowest BCUT2D eigenvalue weighted by atomic mass is 10.2. The average molecular weight is 287 g/mol. The molecule has 0 N–H and O–H groups in total. The predicted molar refractivity (Wildman–Crippen MR) is 78.1 cm³/mol. The van der Waals surface area contributed by atoms with E-state index in [1.807, 2.05) is 45.0 Å². The molecular weight excluding hydrogens is 268 g/mol. The summed E-state index contributed by atoms with van der Waals surface area (Å²) < 4.78 is 5.24. The van der Waals surface area contributed by atoms with Crippen molar-refractivity contribution in [2.24, 2.45) is 0 Å². The van der Waals surface area contributed by atoms with Crippen LogP contribution in [0, 0.1) is 0 Å².